The molecule has 1 fully saturated rings. The van der Waals surface area contributed by atoms with Crippen molar-refractivity contribution in [2.24, 2.45) is 0 Å². The zero-order valence-electron chi connectivity index (χ0n) is 14.1. The van der Waals surface area contributed by atoms with E-state index in [2.05, 4.69) is 22.0 Å². The van der Waals surface area contributed by atoms with Crippen molar-refractivity contribution in [3.05, 3.63) is 65.0 Å². The Bertz CT molecular complexity index is 697. The van der Waals surface area contributed by atoms with E-state index in [1.54, 1.807) is 12.1 Å². The summed E-state index contributed by atoms with van der Waals surface area (Å²) in [6.07, 6.45) is 3.34. The van der Waals surface area contributed by atoms with Crippen LogP contribution >= 0.6 is 0 Å². The number of carboxylic acids is 1. The van der Waals surface area contributed by atoms with E-state index in [1.165, 1.54) is 18.4 Å². The molecule has 1 aromatic heterocycles. The zero-order valence-corrected chi connectivity index (χ0v) is 14.1. The number of benzene rings is 1. The molecule has 24 heavy (non-hydrogen) atoms. The Morgan fingerprint density at radius 2 is 2.04 bits per heavy atom. The Hall–Kier alpha value is -2.20. The maximum atomic E-state index is 11.0. The van der Waals surface area contributed by atoms with Crippen molar-refractivity contribution >= 4 is 5.97 Å². The van der Waals surface area contributed by atoms with E-state index in [0.717, 1.165) is 37.4 Å². The van der Waals surface area contributed by atoms with Crippen LogP contribution < -0.4 is 0 Å². The topological polar surface area (TPSA) is 53.4 Å². The highest BCUT2D eigenvalue weighted by atomic mass is 16.4. The quantitative estimate of drug-likeness (QED) is 0.914. The first-order chi connectivity index (χ1) is 11.6. The molecule has 1 aliphatic rings. The van der Waals surface area contributed by atoms with Gasteiger partial charge in [-0.3, -0.25) is 4.98 Å². The Morgan fingerprint density at radius 1 is 1.25 bits per heavy atom. The maximum absolute atomic E-state index is 11.0. The van der Waals surface area contributed by atoms with Gasteiger partial charge < -0.3 is 10.0 Å². The SMILES string of the molecule is Cc1cccc(CCN2CCC[C@@H](c3ccc(C(=O)O)cc3)C2)n1. The molecule has 0 bridgehead atoms. The minimum Gasteiger partial charge on any atom is -0.478 e. The van der Waals surface area contributed by atoms with Crippen LogP contribution in [-0.4, -0.2) is 40.6 Å². The molecule has 4 heteroatoms. The molecule has 1 atom stereocenters. The van der Waals surface area contributed by atoms with Crippen LogP contribution in [-0.2, 0) is 6.42 Å². The van der Waals surface area contributed by atoms with Gasteiger partial charge in [-0.15, -0.1) is 0 Å². The molecule has 1 N–H and O–H groups in total. The molecule has 3 rings (SSSR count). The molecule has 4 nitrogen and oxygen atoms in total. The molecule has 2 heterocycles. The molecule has 1 saturated heterocycles. The van der Waals surface area contributed by atoms with Gasteiger partial charge in [-0.05, 0) is 62.1 Å². The van der Waals surface area contributed by atoms with Crippen molar-refractivity contribution in [1.82, 2.24) is 9.88 Å². The number of pyridine rings is 1. The third-order valence-corrected chi connectivity index (χ3v) is 4.76. The first-order valence-electron chi connectivity index (χ1n) is 8.60. The molecule has 0 unspecified atom stereocenters. The van der Waals surface area contributed by atoms with Crippen LogP contribution in [0.25, 0.3) is 0 Å². The first kappa shape index (κ1) is 16.7. The highest BCUT2D eigenvalue weighted by Gasteiger charge is 2.21. The van der Waals surface area contributed by atoms with E-state index >= 15 is 0 Å². The molecule has 0 saturated carbocycles. The summed E-state index contributed by atoms with van der Waals surface area (Å²) in [5.74, 6) is -0.371. The van der Waals surface area contributed by atoms with E-state index in [-0.39, 0.29) is 0 Å². The van der Waals surface area contributed by atoms with Gasteiger partial charge in [-0.2, -0.15) is 0 Å². The molecule has 1 aliphatic heterocycles. The maximum Gasteiger partial charge on any atom is 0.335 e. The Kier molecular flexibility index (Phi) is 5.26. The van der Waals surface area contributed by atoms with E-state index in [9.17, 15) is 4.79 Å². The van der Waals surface area contributed by atoms with Gasteiger partial charge in [-0.1, -0.05) is 18.2 Å². The molecule has 0 radical (unpaired) electrons. The molecular formula is C20H24N2O2. The normalized spacial score (nSPS) is 18.5. The van der Waals surface area contributed by atoms with Gasteiger partial charge in [0.05, 0.1) is 5.56 Å². The first-order valence-corrected chi connectivity index (χ1v) is 8.60. The second-order valence-electron chi connectivity index (χ2n) is 6.59. The fraction of sp³-hybridized carbons (Fsp3) is 0.400. The van der Waals surface area contributed by atoms with Gasteiger partial charge in [0, 0.05) is 30.9 Å². The third kappa shape index (κ3) is 4.20. The van der Waals surface area contributed by atoms with Crippen molar-refractivity contribution in [1.29, 1.82) is 0 Å². The molecule has 0 aliphatic carbocycles. The number of carbonyl (C=O) groups is 1. The average Bonchev–Trinajstić information content (AvgIpc) is 2.60. The van der Waals surface area contributed by atoms with Crippen LogP contribution in [0.5, 0.6) is 0 Å². The Morgan fingerprint density at radius 3 is 2.75 bits per heavy atom. The number of aryl methyl sites for hydroxylation is 1. The lowest BCUT2D eigenvalue weighted by Gasteiger charge is -2.33. The fourth-order valence-corrected chi connectivity index (χ4v) is 3.44. The second-order valence-corrected chi connectivity index (χ2v) is 6.59. The highest BCUT2D eigenvalue weighted by molar-refractivity contribution is 5.87. The number of likely N-dealkylation sites (tertiary alicyclic amines) is 1. The number of rotatable bonds is 5. The number of hydrogen-bond donors (Lipinski definition) is 1. The van der Waals surface area contributed by atoms with Crippen LogP contribution in [0.3, 0.4) is 0 Å². The summed E-state index contributed by atoms with van der Waals surface area (Å²) in [7, 11) is 0. The average molecular weight is 324 g/mol. The zero-order chi connectivity index (χ0) is 16.9. The summed E-state index contributed by atoms with van der Waals surface area (Å²) in [6.45, 7) is 5.23. The van der Waals surface area contributed by atoms with Gasteiger partial charge in [-0.25, -0.2) is 4.79 Å². The predicted molar refractivity (Wildman–Crippen MR) is 94.5 cm³/mol. The molecule has 2 aromatic rings. The number of nitrogens with zero attached hydrogens (tertiary/aromatic N) is 2. The number of aromatic carboxylic acids is 1. The van der Waals surface area contributed by atoms with E-state index in [1.807, 2.05) is 25.1 Å². The standard InChI is InChI=1S/C20H24N2O2/c1-15-4-2-6-19(21-15)11-13-22-12-3-5-18(14-22)16-7-9-17(10-8-16)20(23)24/h2,4,6-10,18H,3,5,11-14H2,1H3,(H,23,24)/t18-/m1/s1. The lowest BCUT2D eigenvalue weighted by Crippen LogP contribution is -2.35. The van der Waals surface area contributed by atoms with Crippen LogP contribution in [0.4, 0.5) is 0 Å². The lowest BCUT2D eigenvalue weighted by molar-refractivity contribution is 0.0697. The summed E-state index contributed by atoms with van der Waals surface area (Å²) in [5, 5.41) is 9.01. The monoisotopic (exact) mass is 324 g/mol. The van der Waals surface area contributed by atoms with Gasteiger partial charge >= 0.3 is 5.97 Å². The van der Waals surface area contributed by atoms with Gasteiger partial charge in [0.1, 0.15) is 0 Å². The van der Waals surface area contributed by atoms with Crippen LogP contribution in [0.15, 0.2) is 42.5 Å². The van der Waals surface area contributed by atoms with Crippen molar-refractivity contribution < 1.29 is 9.90 Å². The van der Waals surface area contributed by atoms with Gasteiger partial charge in [0.25, 0.3) is 0 Å². The number of aromatic nitrogens is 1. The largest absolute Gasteiger partial charge is 0.478 e. The lowest BCUT2D eigenvalue weighted by atomic mass is 9.90. The summed E-state index contributed by atoms with van der Waals surface area (Å²) in [4.78, 5) is 18.1. The summed E-state index contributed by atoms with van der Waals surface area (Å²) in [5.41, 5.74) is 3.83. The summed E-state index contributed by atoms with van der Waals surface area (Å²) >= 11 is 0. The van der Waals surface area contributed by atoms with Gasteiger partial charge in [0.15, 0.2) is 0 Å². The smallest absolute Gasteiger partial charge is 0.335 e. The van der Waals surface area contributed by atoms with E-state index in [4.69, 9.17) is 5.11 Å². The summed E-state index contributed by atoms with van der Waals surface area (Å²) in [6, 6.07) is 13.6. The van der Waals surface area contributed by atoms with E-state index in [0.29, 0.717) is 11.5 Å². The minimum atomic E-state index is -0.863. The number of piperidine rings is 1. The second kappa shape index (κ2) is 7.58. The van der Waals surface area contributed by atoms with Crippen LogP contribution in [0, 0.1) is 6.92 Å². The number of hydrogen-bond acceptors (Lipinski definition) is 3. The molecule has 126 valence electrons. The van der Waals surface area contributed by atoms with Crippen molar-refractivity contribution in [3.8, 4) is 0 Å². The molecular weight excluding hydrogens is 300 g/mol. The molecule has 1 aromatic carbocycles. The molecule has 0 spiro atoms. The minimum absolute atomic E-state index is 0.358. The van der Waals surface area contributed by atoms with Crippen molar-refractivity contribution in [3.63, 3.8) is 0 Å². The third-order valence-electron chi connectivity index (χ3n) is 4.76. The number of carboxylic acid groups (broad SMARTS) is 1. The van der Waals surface area contributed by atoms with E-state index < -0.39 is 5.97 Å². The van der Waals surface area contributed by atoms with Crippen molar-refractivity contribution in [2.75, 3.05) is 19.6 Å². The Balaban J connectivity index is 1.58. The highest BCUT2D eigenvalue weighted by Crippen LogP contribution is 2.27. The molecule has 0 amide bonds. The summed E-state index contributed by atoms with van der Waals surface area (Å²) < 4.78 is 0. The van der Waals surface area contributed by atoms with Crippen LogP contribution in [0.1, 0.15) is 46.1 Å². The van der Waals surface area contributed by atoms with Crippen LogP contribution in [0.2, 0.25) is 0 Å². The van der Waals surface area contributed by atoms with Gasteiger partial charge in [0.2, 0.25) is 0 Å². The predicted octanol–water partition coefficient (Wildman–Crippen LogP) is 3.51. The van der Waals surface area contributed by atoms with Crippen molar-refractivity contribution in [2.45, 2.75) is 32.1 Å². The fourth-order valence-electron chi connectivity index (χ4n) is 3.44. The Labute approximate surface area is 143 Å².